The monoisotopic (exact) mass is 346 g/mol. The Bertz CT molecular complexity index is 1020. The van der Waals surface area contributed by atoms with Gasteiger partial charge in [0.2, 0.25) is 5.76 Å². The van der Waals surface area contributed by atoms with Crippen molar-refractivity contribution >= 4 is 11.6 Å². The molecule has 0 aliphatic carbocycles. The van der Waals surface area contributed by atoms with E-state index >= 15 is 0 Å². The summed E-state index contributed by atoms with van der Waals surface area (Å²) in [4.78, 5) is 20.4. The molecular formula is C18H14N6O2. The fourth-order valence-electron chi connectivity index (χ4n) is 2.36. The molecule has 1 amide bonds. The fourth-order valence-corrected chi connectivity index (χ4v) is 2.36. The lowest BCUT2D eigenvalue weighted by atomic mass is 10.1. The third-order valence-electron chi connectivity index (χ3n) is 3.74. The maximum atomic E-state index is 12.3. The largest absolute Gasteiger partial charge is 0.350 e. The molecule has 26 heavy (non-hydrogen) atoms. The van der Waals surface area contributed by atoms with Crippen molar-refractivity contribution in [2.24, 2.45) is 0 Å². The molecule has 0 saturated heterocycles. The molecule has 0 atom stereocenters. The van der Waals surface area contributed by atoms with E-state index in [2.05, 4.69) is 25.5 Å². The van der Waals surface area contributed by atoms with Gasteiger partial charge in [0.15, 0.2) is 5.82 Å². The lowest BCUT2D eigenvalue weighted by Gasteiger charge is -2.03. The van der Waals surface area contributed by atoms with Crippen LogP contribution in [0.15, 0.2) is 65.8 Å². The molecule has 0 aliphatic heterocycles. The Hall–Kier alpha value is -3.81. The van der Waals surface area contributed by atoms with E-state index in [0.717, 1.165) is 11.1 Å². The topological polar surface area (TPSA) is 98.7 Å². The molecule has 0 spiro atoms. The first-order valence-corrected chi connectivity index (χ1v) is 7.85. The van der Waals surface area contributed by atoms with Gasteiger partial charge in [0.1, 0.15) is 18.3 Å². The maximum Gasteiger partial charge on any atom is 0.294 e. The normalized spacial score (nSPS) is 10.7. The van der Waals surface area contributed by atoms with Gasteiger partial charge in [-0.05, 0) is 19.1 Å². The van der Waals surface area contributed by atoms with Gasteiger partial charge in [-0.3, -0.25) is 4.79 Å². The van der Waals surface area contributed by atoms with E-state index < -0.39 is 5.91 Å². The van der Waals surface area contributed by atoms with Crippen LogP contribution in [0, 0.1) is 6.92 Å². The molecule has 0 aliphatic rings. The zero-order chi connectivity index (χ0) is 17.9. The second-order valence-corrected chi connectivity index (χ2v) is 5.64. The van der Waals surface area contributed by atoms with Crippen molar-refractivity contribution in [2.75, 3.05) is 5.32 Å². The SMILES string of the molecule is Cc1ccc(-c2cc(C(=O)Nc3ccc(-n4cncn4)nc3)on2)cc1. The number of hydrogen-bond acceptors (Lipinski definition) is 6. The van der Waals surface area contributed by atoms with E-state index in [4.69, 9.17) is 4.52 Å². The lowest BCUT2D eigenvalue weighted by molar-refractivity contribution is 0.0988. The summed E-state index contributed by atoms with van der Waals surface area (Å²) in [6.07, 6.45) is 4.50. The third kappa shape index (κ3) is 3.20. The zero-order valence-electron chi connectivity index (χ0n) is 13.8. The molecule has 128 valence electrons. The van der Waals surface area contributed by atoms with E-state index in [9.17, 15) is 4.79 Å². The van der Waals surface area contributed by atoms with Gasteiger partial charge in [0, 0.05) is 11.6 Å². The Kier molecular flexibility index (Phi) is 3.98. The second kappa shape index (κ2) is 6.60. The molecule has 1 N–H and O–H groups in total. The molecule has 0 unspecified atom stereocenters. The van der Waals surface area contributed by atoms with Gasteiger partial charge >= 0.3 is 0 Å². The minimum atomic E-state index is -0.397. The van der Waals surface area contributed by atoms with Gasteiger partial charge in [-0.2, -0.15) is 5.10 Å². The van der Waals surface area contributed by atoms with Crippen molar-refractivity contribution < 1.29 is 9.32 Å². The van der Waals surface area contributed by atoms with Crippen LogP contribution in [0.3, 0.4) is 0 Å². The first kappa shape index (κ1) is 15.7. The van der Waals surface area contributed by atoms with Crippen LogP contribution in [-0.2, 0) is 0 Å². The van der Waals surface area contributed by atoms with Gasteiger partial charge < -0.3 is 9.84 Å². The van der Waals surface area contributed by atoms with Crippen LogP contribution in [0.25, 0.3) is 17.1 Å². The minimum absolute atomic E-state index is 0.126. The Morgan fingerprint density at radius 3 is 2.69 bits per heavy atom. The molecule has 1 aromatic carbocycles. The van der Waals surface area contributed by atoms with Crippen molar-refractivity contribution in [3.63, 3.8) is 0 Å². The van der Waals surface area contributed by atoms with Crippen LogP contribution in [-0.4, -0.2) is 30.8 Å². The Morgan fingerprint density at radius 2 is 2.00 bits per heavy atom. The van der Waals surface area contributed by atoms with Crippen LogP contribution >= 0.6 is 0 Å². The number of carbonyl (C=O) groups excluding carboxylic acids is 1. The predicted molar refractivity (Wildman–Crippen MR) is 93.8 cm³/mol. The number of anilines is 1. The van der Waals surface area contributed by atoms with Crippen LogP contribution in [0.2, 0.25) is 0 Å². The molecule has 0 bridgehead atoms. The standard InChI is InChI=1S/C18H14N6O2/c1-12-2-4-13(5-3-12)15-8-16(26-23-15)18(25)22-14-6-7-17(20-9-14)24-11-19-10-21-24/h2-11H,1H3,(H,22,25). The Labute approximate surface area is 148 Å². The number of pyridine rings is 1. The summed E-state index contributed by atoms with van der Waals surface area (Å²) in [6.45, 7) is 2.01. The first-order valence-electron chi connectivity index (χ1n) is 7.85. The highest BCUT2D eigenvalue weighted by atomic mass is 16.5. The van der Waals surface area contributed by atoms with Gasteiger partial charge in [-0.15, -0.1) is 0 Å². The van der Waals surface area contributed by atoms with E-state index in [1.807, 2.05) is 31.2 Å². The van der Waals surface area contributed by atoms with Crippen LogP contribution < -0.4 is 5.32 Å². The number of nitrogens with zero attached hydrogens (tertiary/aromatic N) is 5. The third-order valence-corrected chi connectivity index (χ3v) is 3.74. The van der Waals surface area contributed by atoms with Gasteiger partial charge in [0.05, 0.1) is 11.9 Å². The highest BCUT2D eigenvalue weighted by molar-refractivity contribution is 6.02. The van der Waals surface area contributed by atoms with Gasteiger partial charge in [-0.25, -0.2) is 14.6 Å². The van der Waals surface area contributed by atoms with E-state index in [0.29, 0.717) is 17.2 Å². The average molecular weight is 346 g/mol. The molecule has 0 saturated carbocycles. The summed E-state index contributed by atoms with van der Waals surface area (Å²) in [5, 5.41) is 10.7. The number of hydrogen-bond donors (Lipinski definition) is 1. The lowest BCUT2D eigenvalue weighted by Crippen LogP contribution is -2.11. The number of aromatic nitrogens is 5. The van der Waals surface area contributed by atoms with Crippen molar-refractivity contribution in [2.45, 2.75) is 6.92 Å². The summed E-state index contributed by atoms with van der Waals surface area (Å²) < 4.78 is 6.68. The van der Waals surface area contributed by atoms with Crippen molar-refractivity contribution in [1.82, 2.24) is 24.9 Å². The predicted octanol–water partition coefficient (Wildman–Crippen LogP) is 2.88. The molecule has 8 heteroatoms. The average Bonchev–Trinajstić information content (AvgIpc) is 3.35. The molecule has 8 nitrogen and oxygen atoms in total. The molecule has 0 fully saturated rings. The van der Waals surface area contributed by atoms with Gasteiger partial charge in [0.25, 0.3) is 5.91 Å². The fraction of sp³-hybridized carbons (Fsp3) is 0.0556. The quantitative estimate of drug-likeness (QED) is 0.610. The molecule has 3 aromatic heterocycles. The number of nitrogens with one attached hydrogen (secondary N) is 1. The maximum absolute atomic E-state index is 12.3. The number of benzene rings is 1. The summed E-state index contributed by atoms with van der Waals surface area (Å²) in [7, 11) is 0. The van der Waals surface area contributed by atoms with E-state index in [1.54, 1.807) is 24.5 Å². The number of amides is 1. The highest BCUT2D eigenvalue weighted by Crippen LogP contribution is 2.20. The molecular weight excluding hydrogens is 332 g/mol. The minimum Gasteiger partial charge on any atom is -0.350 e. The summed E-state index contributed by atoms with van der Waals surface area (Å²) in [6, 6.07) is 12.9. The smallest absolute Gasteiger partial charge is 0.294 e. The molecule has 4 rings (SSSR count). The molecule has 0 radical (unpaired) electrons. The van der Waals surface area contributed by atoms with Crippen molar-refractivity contribution in [3.05, 3.63) is 72.6 Å². The zero-order valence-corrected chi connectivity index (χ0v) is 13.8. The number of rotatable bonds is 4. The molecule has 3 heterocycles. The van der Waals surface area contributed by atoms with Crippen LogP contribution in [0.5, 0.6) is 0 Å². The highest BCUT2D eigenvalue weighted by Gasteiger charge is 2.14. The van der Waals surface area contributed by atoms with E-state index in [1.165, 1.54) is 17.2 Å². The Balaban J connectivity index is 1.47. The Morgan fingerprint density at radius 1 is 1.15 bits per heavy atom. The summed E-state index contributed by atoms with van der Waals surface area (Å²) in [5.74, 6) is 0.328. The number of aryl methyl sites for hydroxylation is 1. The van der Waals surface area contributed by atoms with Gasteiger partial charge in [-0.1, -0.05) is 35.0 Å². The first-order chi connectivity index (χ1) is 12.7. The van der Waals surface area contributed by atoms with Crippen LogP contribution in [0.4, 0.5) is 5.69 Å². The summed E-state index contributed by atoms with van der Waals surface area (Å²) >= 11 is 0. The van der Waals surface area contributed by atoms with Crippen molar-refractivity contribution in [1.29, 1.82) is 0 Å². The van der Waals surface area contributed by atoms with E-state index in [-0.39, 0.29) is 5.76 Å². The number of carbonyl (C=O) groups is 1. The van der Waals surface area contributed by atoms with Crippen LogP contribution in [0.1, 0.15) is 16.1 Å². The van der Waals surface area contributed by atoms with Crippen molar-refractivity contribution in [3.8, 4) is 17.1 Å². The molecule has 4 aromatic rings. The second-order valence-electron chi connectivity index (χ2n) is 5.64. The summed E-state index contributed by atoms with van der Waals surface area (Å²) in [5.41, 5.74) is 3.18.